The normalized spacial score (nSPS) is 44.7. The van der Waals surface area contributed by atoms with Crippen LogP contribution in [-0.4, -0.2) is 34.5 Å². The van der Waals surface area contributed by atoms with Gasteiger partial charge in [-0.2, -0.15) is 0 Å². The second kappa shape index (κ2) is 5.84. The Morgan fingerprint density at radius 1 is 1.25 bits per heavy atom. The molecule has 0 saturated heterocycles. The first-order chi connectivity index (χ1) is 11.1. The van der Waals surface area contributed by atoms with Gasteiger partial charge in [0, 0.05) is 11.0 Å². The van der Waals surface area contributed by atoms with E-state index in [9.17, 15) is 15.0 Å². The fourth-order valence-electron chi connectivity index (χ4n) is 5.92. The predicted molar refractivity (Wildman–Crippen MR) is 92.2 cm³/mol. The molecule has 0 aromatic rings. The molecule has 0 amide bonds. The van der Waals surface area contributed by atoms with Crippen molar-refractivity contribution in [3.8, 4) is 0 Å². The minimum absolute atomic E-state index is 0.188. The van der Waals surface area contributed by atoms with Crippen LogP contribution in [0.5, 0.6) is 0 Å². The molecule has 0 aromatic carbocycles. The van der Waals surface area contributed by atoms with E-state index in [1.54, 1.807) is 0 Å². The summed E-state index contributed by atoms with van der Waals surface area (Å²) in [5.74, 6) is 0.255. The van der Waals surface area contributed by atoms with E-state index in [1.165, 1.54) is 0 Å². The van der Waals surface area contributed by atoms with E-state index >= 15 is 0 Å². The molecule has 2 N–H and O–H groups in total. The van der Waals surface area contributed by atoms with Crippen LogP contribution in [0.2, 0.25) is 0 Å². The Balaban J connectivity index is 1.88. The summed E-state index contributed by atoms with van der Waals surface area (Å²) in [6, 6.07) is 0. The van der Waals surface area contributed by atoms with Crippen molar-refractivity contribution in [2.45, 2.75) is 77.9 Å². The first-order valence-electron chi connectivity index (χ1n) is 9.39. The Morgan fingerprint density at radius 2 is 1.96 bits per heavy atom. The summed E-state index contributed by atoms with van der Waals surface area (Å²) >= 11 is 0. The van der Waals surface area contributed by atoms with Crippen LogP contribution in [0.3, 0.4) is 0 Å². The molecular formula is C20H32O4. The van der Waals surface area contributed by atoms with Crippen molar-refractivity contribution in [2.24, 2.45) is 22.7 Å². The van der Waals surface area contributed by atoms with Gasteiger partial charge >= 0.3 is 5.97 Å². The van der Waals surface area contributed by atoms with Crippen molar-refractivity contribution in [3.63, 3.8) is 0 Å². The molecule has 1 aliphatic heterocycles. The second-order valence-electron chi connectivity index (χ2n) is 9.08. The minimum atomic E-state index is -0.808. The maximum absolute atomic E-state index is 11.8. The van der Waals surface area contributed by atoms with Crippen LogP contribution in [-0.2, 0) is 9.53 Å². The van der Waals surface area contributed by atoms with Crippen LogP contribution >= 0.6 is 0 Å². The van der Waals surface area contributed by atoms with Gasteiger partial charge in [-0.15, -0.1) is 0 Å². The van der Waals surface area contributed by atoms with Gasteiger partial charge in [-0.05, 0) is 61.9 Å². The van der Waals surface area contributed by atoms with Gasteiger partial charge in [0.1, 0.15) is 6.61 Å². The number of aliphatic hydroxyl groups is 2. The molecule has 2 fully saturated rings. The SMILES string of the molecule is C[C@H]1CC[C@@H]2C(C)(C)[C@H](O)CC[C@@]2(C)[C@]1(O)CCC1=CCOC1=O. The molecule has 2 aliphatic carbocycles. The largest absolute Gasteiger partial charge is 0.458 e. The van der Waals surface area contributed by atoms with Gasteiger partial charge in [0.15, 0.2) is 0 Å². The molecule has 0 unspecified atom stereocenters. The fourth-order valence-corrected chi connectivity index (χ4v) is 5.92. The zero-order valence-corrected chi connectivity index (χ0v) is 15.5. The fraction of sp³-hybridized carbons (Fsp3) is 0.850. The molecular weight excluding hydrogens is 304 g/mol. The number of fused-ring (bicyclic) bond motifs is 1. The van der Waals surface area contributed by atoms with Crippen LogP contribution in [0, 0.1) is 22.7 Å². The zero-order chi connectivity index (χ0) is 17.8. The molecule has 136 valence electrons. The number of aliphatic hydroxyl groups excluding tert-OH is 1. The number of carbonyl (C=O) groups excluding carboxylic acids is 1. The highest BCUT2D eigenvalue weighted by molar-refractivity contribution is 5.90. The molecule has 3 rings (SSSR count). The van der Waals surface area contributed by atoms with E-state index in [2.05, 4.69) is 27.7 Å². The lowest BCUT2D eigenvalue weighted by molar-refractivity contribution is -0.231. The molecule has 4 nitrogen and oxygen atoms in total. The molecule has 3 aliphatic rings. The van der Waals surface area contributed by atoms with Crippen molar-refractivity contribution < 1.29 is 19.7 Å². The number of ether oxygens (including phenoxy) is 1. The monoisotopic (exact) mass is 336 g/mol. The van der Waals surface area contributed by atoms with Gasteiger partial charge in [0.2, 0.25) is 0 Å². The van der Waals surface area contributed by atoms with Gasteiger partial charge < -0.3 is 14.9 Å². The van der Waals surface area contributed by atoms with E-state index < -0.39 is 5.60 Å². The number of esters is 1. The summed E-state index contributed by atoms with van der Waals surface area (Å²) in [5, 5.41) is 22.3. The van der Waals surface area contributed by atoms with Crippen LogP contribution in [0.4, 0.5) is 0 Å². The molecule has 0 spiro atoms. The van der Waals surface area contributed by atoms with E-state index in [1.807, 2.05) is 6.08 Å². The Labute approximate surface area is 145 Å². The molecule has 5 atom stereocenters. The highest BCUT2D eigenvalue weighted by Crippen LogP contribution is 2.63. The third kappa shape index (κ3) is 2.45. The summed E-state index contributed by atoms with van der Waals surface area (Å²) in [5.41, 5.74) is -0.517. The highest BCUT2D eigenvalue weighted by atomic mass is 16.5. The Bertz CT molecular complexity index is 552. The van der Waals surface area contributed by atoms with Crippen LogP contribution in [0.15, 0.2) is 11.6 Å². The van der Waals surface area contributed by atoms with Crippen molar-refractivity contribution in [3.05, 3.63) is 11.6 Å². The Kier molecular flexibility index (Phi) is 4.37. The molecule has 4 heteroatoms. The van der Waals surface area contributed by atoms with Crippen LogP contribution < -0.4 is 0 Å². The minimum Gasteiger partial charge on any atom is -0.458 e. The van der Waals surface area contributed by atoms with Crippen molar-refractivity contribution in [1.29, 1.82) is 0 Å². The highest BCUT2D eigenvalue weighted by Gasteiger charge is 2.62. The average molecular weight is 336 g/mol. The first-order valence-corrected chi connectivity index (χ1v) is 9.39. The number of rotatable bonds is 3. The molecule has 1 heterocycles. The van der Waals surface area contributed by atoms with Gasteiger partial charge in [0.25, 0.3) is 0 Å². The van der Waals surface area contributed by atoms with Gasteiger partial charge in [-0.1, -0.05) is 27.7 Å². The third-order valence-electron chi connectivity index (χ3n) is 7.74. The molecule has 0 radical (unpaired) electrons. The van der Waals surface area contributed by atoms with Gasteiger partial charge in [0.05, 0.1) is 11.7 Å². The predicted octanol–water partition coefficient (Wildman–Crippen LogP) is 3.21. The number of cyclic esters (lactones) is 1. The smallest absolute Gasteiger partial charge is 0.334 e. The lowest BCUT2D eigenvalue weighted by atomic mass is 9.43. The van der Waals surface area contributed by atoms with E-state index in [4.69, 9.17) is 4.74 Å². The average Bonchev–Trinajstić information content (AvgIpc) is 2.92. The Morgan fingerprint density at radius 3 is 2.58 bits per heavy atom. The van der Waals surface area contributed by atoms with E-state index in [0.717, 1.165) is 25.7 Å². The van der Waals surface area contributed by atoms with Crippen molar-refractivity contribution in [2.75, 3.05) is 6.61 Å². The zero-order valence-electron chi connectivity index (χ0n) is 15.5. The molecule has 24 heavy (non-hydrogen) atoms. The number of hydrogen-bond donors (Lipinski definition) is 2. The quantitative estimate of drug-likeness (QED) is 0.777. The third-order valence-corrected chi connectivity index (χ3v) is 7.74. The maximum atomic E-state index is 11.8. The molecule has 2 saturated carbocycles. The lowest BCUT2D eigenvalue weighted by Gasteiger charge is -2.64. The molecule has 0 bridgehead atoms. The van der Waals surface area contributed by atoms with Crippen LogP contribution in [0.25, 0.3) is 0 Å². The van der Waals surface area contributed by atoms with Crippen molar-refractivity contribution in [1.82, 2.24) is 0 Å². The molecule has 0 aromatic heterocycles. The van der Waals surface area contributed by atoms with E-state index in [-0.39, 0.29) is 28.8 Å². The lowest BCUT2D eigenvalue weighted by Crippen LogP contribution is -2.64. The summed E-state index contributed by atoms with van der Waals surface area (Å²) in [6.45, 7) is 9.00. The second-order valence-corrected chi connectivity index (χ2v) is 9.08. The number of carbonyl (C=O) groups is 1. The van der Waals surface area contributed by atoms with E-state index in [0.29, 0.717) is 30.9 Å². The Hall–Kier alpha value is -0.870. The van der Waals surface area contributed by atoms with Crippen molar-refractivity contribution >= 4 is 5.97 Å². The van der Waals surface area contributed by atoms with Gasteiger partial charge in [-0.25, -0.2) is 4.79 Å². The topological polar surface area (TPSA) is 66.8 Å². The summed E-state index contributed by atoms with van der Waals surface area (Å²) in [4.78, 5) is 11.7. The van der Waals surface area contributed by atoms with Crippen LogP contribution in [0.1, 0.15) is 66.2 Å². The number of hydrogen-bond acceptors (Lipinski definition) is 4. The first kappa shape index (κ1) is 17.9. The standard InChI is InChI=1S/C20H32O4/c1-13-5-6-15-18(2,3)16(21)8-10-19(15,4)20(13,23)11-7-14-9-12-24-17(14)22/h9,13,15-16,21,23H,5-8,10-12H2,1-4H3/t13-,15+,16+,19+,20-/m0/s1. The van der Waals surface area contributed by atoms with Gasteiger partial charge in [-0.3, -0.25) is 0 Å². The summed E-state index contributed by atoms with van der Waals surface area (Å²) in [7, 11) is 0. The maximum Gasteiger partial charge on any atom is 0.334 e. The summed E-state index contributed by atoms with van der Waals surface area (Å²) in [6.07, 6.45) is 6.30. The summed E-state index contributed by atoms with van der Waals surface area (Å²) < 4.78 is 5.00.